The number of carbonyl (C=O) groups is 1. The zero-order valence-corrected chi connectivity index (χ0v) is 19.9. The van der Waals surface area contributed by atoms with Crippen molar-refractivity contribution in [2.24, 2.45) is 0 Å². The molecule has 0 spiro atoms. The van der Waals surface area contributed by atoms with E-state index in [1.54, 1.807) is 0 Å². The number of piperidine rings is 1. The van der Waals surface area contributed by atoms with Gasteiger partial charge in [-0.2, -0.15) is 0 Å². The molecule has 1 aromatic heterocycles. The first-order valence-electron chi connectivity index (χ1n) is 12.3. The van der Waals surface area contributed by atoms with E-state index in [9.17, 15) is 9.59 Å². The second-order valence-corrected chi connectivity index (χ2v) is 9.11. The van der Waals surface area contributed by atoms with E-state index in [0.29, 0.717) is 17.2 Å². The van der Waals surface area contributed by atoms with E-state index < -0.39 is 0 Å². The van der Waals surface area contributed by atoms with Crippen LogP contribution in [0, 0.1) is 6.92 Å². The van der Waals surface area contributed by atoms with Crippen molar-refractivity contribution in [2.75, 3.05) is 24.5 Å². The molecular formula is C27H36N4O2. The largest absolute Gasteiger partial charge is 0.368 e. The van der Waals surface area contributed by atoms with Crippen LogP contribution in [-0.2, 0) is 19.4 Å². The van der Waals surface area contributed by atoms with Gasteiger partial charge in [0, 0.05) is 41.6 Å². The number of nitrogens with one attached hydrogen (secondary N) is 3. The van der Waals surface area contributed by atoms with Gasteiger partial charge in [0.15, 0.2) is 0 Å². The lowest BCUT2D eigenvalue weighted by Crippen LogP contribution is -2.43. The summed E-state index contributed by atoms with van der Waals surface area (Å²) in [7, 11) is 0. The number of rotatable bonds is 3. The SMILES string of the molecule is CCN(c1cccc2c1C/C=C/CCCc1cc(C)[nH]c(=O)c1CNC2=O)C1CCNCC1. The Balaban J connectivity index is 1.70. The average Bonchev–Trinajstić information content (AvgIpc) is 2.83. The first kappa shape index (κ1) is 23.3. The summed E-state index contributed by atoms with van der Waals surface area (Å²) in [6.07, 6.45) is 10.1. The summed E-state index contributed by atoms with van der Waals surface area (Å²) < 4.78 is 0. The number of benzene rings is 1. The van der Waals surface area contributed by atoms with Gasteiger partial charge in [0.05, 0.1) is 0 Å². The lowest BCUT2D eigenvalue weighted by atomic mass is 9.97. The molecule has 6 nitrogen and oxygen atoms in total. The lowest BCUT2D eigenvalue weighted by molar-refractivity contribution is 0.0950. The van der Waals surface area contributed by atoms with Crippen LogP contribution in [0.1, 0.15) is 65.3 Å². The van der Waals surface area contributed by atoms with Gasteiger partial charge in [-0.3, -0.25) is 9.59 Å². The van der Waals surface area contributed by atoms with E-state index >= 15 is 0 Å². The normalized spacial score (nSPS) is 18.7. The molecule has 0 bridgehead atoms. The number of hydrogen-bond acceptors (Lipinski definition) is 4. The zero-order valence-electron chi connectivity index (χ0n) is 19.9. The number of pyridine rings is 1. The molecular weight excluding hydrogens is 412 g/mol. The number of aromatic amines is 1. The summed E-state index contributed by atoms with van der Waals surface area (Å²) in [6, 6.07) is 8.58. The first-order valence-corrected chi connectivity index (χ1v) is 12.3. The first-order chi connectivity index (χ1) is 16.1. The van der Waals surface area contributed by atoms with Gasteiger partial charge in [0.2, 0.25) is 0 Å². The van der Waals surface area contributed by atoms with Gasteiger partial charge >= 0.3 is 0 Å². The van der Waals surface area contributed by atoms with Crippen LogP contribution < -0.4 is 21.1 Å². The van der Waals surface area contributed by atoms with Crippen molar-refractivity contribution in [3.05, 3.63) is 74.7 Å². The number of amides is 1. The average molecular weight is 449 g/mol. The number of hydrogen-bond donors (Lipinski definition) is 3. The van der Waals surface area contributed by atoms with E-state index in [-0.39, 0.29) is 18.0 Å². The number of aromatic nitrogens is 1. The quantitative estimate of drug-likeness (QED) is 0.627. The third-order valence-electron chi connectivity index (χ3n) is 6.89. The monoisotopic (exact) mass is 448 g/mol. The number of fused-ring (bicyclic) bond motifs is 2. The molecule has 3 heterocycles. The number of carbonyl (C=O) groups excluding carboxylic acids is 1. The molecule has 1 amide bonds. The molecule has 6 heteroatoms. The third-order valence-corrected chi connectivity index (χ3v) is 6.89. The minimum absolute atomic E-state index is 0.104. The second-order valence-electron chi connectivity index (χ2n) is 9.11. The number of anilines is 1. The Bertz CT molecular complexity index is 1070. The molecule has 0 radical (unpaired) electrons. The third kappa shape index (κ3) is 5.38. The minimum Gasteiger partial charge on any atom is -0.368 e. The summed E-state index contributed by atoms with van der Waals surface area (Å²) >= 11 is 0. The van der Waals surface area contributed by atoms with Crippen LogP contribution in [0.2, 0.25) is 0 Å². The van der Waals surface area contributed by atoms with Crippen molar-refractivity contribution >= 4 is 11.6 Å². The highest BCUT2D eigenvalue weighted by atomic mass is 16.1. The Kier molecular flexibility index (Phi) is 7.65. The lowest BCUT2D eigenvalue weighted by Gasteiger charge is -2.37. The maximum atomic E-state index is 13.4. The summed E-state index contributed by atoms with van der Waals surface area (Å²) in [5, 5.41) is 6.50. The fraction of sp³-hybridized carbons (Fsp3) is 0.481. The number of nitrogens with zero attached hydrogens (tertiary/aromatic N) is 1. The standard InChI is InChI=1S/C27H36N4O2/c1-3-31(21-13-15-28-16-14-21)25-12-8-11-23-22(25)10-7-5-4-6-9-20-17-19(2)30-27(33)24(20)18-29-26(23)32/h5,7-8,11-12,17,21,28H,3-4,6,9-10,13-16,18H2,1-2H3,(H,29,32)(H,30,33)/b7-5+. The predicted octanol–water partition coefficient (Wildman–Crippen LogP) is 3.63. The molecule has 2 aliphatic heterocycles. The van der Waals surface area contributed by atoms with Crippen LogP contribution in [0.25, 0.3) is 0 Å². The van der Waals surface area contributed by atoms with E-state index in [2.05, 4.69) is 45.7 Å². The summed E-state index contributed by atoms with van der Waals surface area (Å²) in [6.45, 7) is 7.32. The zero-order chi connectivity index (χ0) is 23.2. The van der Waals surface area contributed by atoms with Gasteiger partial charge in [-0.15, -0.1) is 0 Å². The Labute approximate surface area is 196 Å². The molecule has 2 aliphatic rings. The molecule has 3 N–H and O–H groups in total. The van der Waals surface area contributed by atoms with E-state index in [0.717, 1.165) is 80.7 Å². The molecule has 33 heavy (non-hydrogen) atoms. The van der Waals surface area contributed by atoms with Crippen LogP contribution in [0.5, 0.6) is 0 Å². The molecule has 1 fully saturated rings. The second kappa shape index (κ2) is 10.8. The summed E-state index contributed by atoms with van der Waals surface area (Å²) in [5.74, 6) is -0.119. The topological polar surface area (TPSA) is 77.2 Å². The highest BCUT2D eigenvalue weighted by Crippen LogP contribution is 2.29. The highest BCUT2D eigenvalue weighted by molar-refractivity contribution is 5.97. The van der Waals surface area contributed by atoms with Gasteiger partial charge in [-0.25, -0.2) is 0 Å². The number of H-pyrrole nitrogens is 1. The fourth-order valence-electron chi connectivity index (χ4n) is 5.21. The van der Waals surface area contributed by atoms with Crippen molar-refractivity contribution in [1.29, 1.82) is 0 Å². The maximum absolute atomic E-state index is 13.4. The maximum Gasteiger partial charge on any atom is 0.253 e. The minimum atomic E-state index is -0.119. The molecule has 2 aromatic rings. The van der Waals surface area contributed by atoms with Crippen LogP contribution in [-0.4, -0.2) is 36.6 Å². The van der Waals surface area contributed by atoms with E-state index in [4.69, 9.17) is 0 Å². The molecule has 4 rings (SSSR count). The Morgan fingerprint density at radius 2 is 1.91 bits per heavy atom. The predicted molar refractivity (Wildman–Crippen MR) is 134 cm³/mol. The highest BCUT2D eigenvalue weighted by Gasteiger charge is 2.24. The molecule has 1 saturated heterocycles. The van der Waals surface area contributed by atoms with Gasteiger partial charge in [-0.1, -0.05) is 18.2 Å². The molecule has 0 aliphatic carbocycles. The smallest absolute Gasteiger partial charge is 0.253 e. The van der Waals surface area contributed by atoms with Crippen LogP contribution in [0.4, 0.5) is 5.69 Å². The molecule has 1 aromatic carbocycles. The molecule has 0 unspecified atom stereocenters. The summed E-state index contributed by atoms with van der Waals surface area (Å²) in [5.41, 5.74) is 5.38. The van der Waals surface area contributed by atoms with Crippen molar-refractivity contribution in [1.82, 2.24) is 15.6 Å². The van der Waals surface area contributed by atoms with Crippen LogP contribution in [0.15, 0.2) is 41.2 Å². The number of aryl methyl sites for hydroxylation is 2. The Hall–Kier alpha value is -2.86. The fourth-order valence-corrected chi connectivity index (χ4v) is 5.21. The van der Waals surface area contributed by atoms with Crippen molar-refractivity contribution in [3.8, 4) is 0 Å². The van der Waals surface area contributed by atoms with Gasteiger partial charge in [0.25, 0.3) is 11.5 Å². The van der Waals surface area contributed by atoms with Gasteiger partial charge < -0.3 is 20.5 Å². The van der Waals surface area contributed by atoms with Gasteiger partial charge in [-0.05, 0) is 94.8 Å². The van der Waals surface area contributed by atoms with Crippen molar-refractivity contribution in [2.45, 2.75) is 65.0 Å². The molecule has 176 valence electrons. The van der Waals surface area contributed by atoms with E-state index in [1.807, 2.05) is 25.1 Å². The number of allylic oxidation sites excluding steroid dienone is 2. The molecule has 0 atom stereocenters. The van der Waals surface area contributed by atoms with Crippen LogP contribution >= 0.6 is 0 Å². The van der Waals surface area contributed by atoms with E-state index in [1.165, 1.54) is 0 Å². The summed E-state index contributed by atoms with van der Waals surface area (Å²) in [4.78, 5) is 31.4. The Morgan fingerprint density at radius 3 is 2.70 bits per heavy atom. The van der Waals surface area contributed by atoms with Crippen LogP contribution in [0.3, 0.4) is 0 Å². The van der Waals surface area contributed by atoms with Crippen molar-refractivity contribution in [3.63, 3.8) is 0 Å². The Morgan fingerprint density at radius 1 is 1.09 bits per heavy atom. The molecule has 0 saturated carbocycles. The van der Waals surface area contributed by atoms with Crippen molar-refractivity contribution < 1.29 is 4.79 Å². The van der Waals surface area contributed by atoms with Gasteiger partial charge in [0.1, 0.15) is 0 Å².